The number of hydrogen-bond acceptors (Lipinski definition) is 8. The summed E-state index contributed by atoms with van der Waals surface area (Å²) in [6.07, 6.45) is -1.46. The van der Waals surface area contributed by atoms with E-state index in [-0.39, 0.29) is 13.0 Å². The number of hydrogen-bond donors (Lipinski definition) is 1. The van der Waals surface area contributed by atoms with Gasteiger partial charge in [-0.15, -0.1) is 0 Å². The fourth-order valence-electron chi connectivity index (χ4n) is 4.18. The topological polar surface area (TPSA) is 128 Å². The second kappa shape index (κ2) is 6.99. The van der Waals surface area contributed by atoms with Crippen molar-refractivity contribution in [3.8, 4) is 0 Å². The van der Waals surface area contributed by atoms with E-state index in [1.165, 1.54) is 7.11 Å². The van der Waals surface area contributed by atoms with Gasteiger partial charge in [0, 0.05) is 18.5 Å². The summed E-state index contributed by atoms with van der Waals surface area (Å²) >= 11 is 0. The van der Waals surface area contributed by atoms with Gasteiger partial charge in [-0.1, -0.05) is 0 Å². The van der Waals surface area contributed by atoms with E-state index in [0.29, 0.717) is 0 Å². The number of aliphatic hydroxyl groups is 1. The Labute approximate surface area is 151 Å². The highest BCUT2D eigenvalue weighted by Crippen LogP contribution is 2.53. The van der Waals surface area contributed by atoms with Crippen LogP contribution in [0.1, 0.15) is 34.1 Å². The van der Waals surface area contributed by atoms with Crippen molar-refractivity contribution < 1.29 is 33.8 Å². The van der Waals surface area contributed by atoms with Crippen LogP contribution in [0.15, 0.2) is 0 Å². The van der Waals surface area contributed by atoms with Gasteiger partial charge in [0.1, 0.15) is 17.2 Å². The van der Waals surface area contributed by atoms with E-state index < -0.39 is 58.8 Å². The molecule has 1 amide bonds. The molecular formula is C16H26N2O8. The van der Waals surface area contributed by atoms with Gasteiger partial charge >= 0.3 is 12.1 Å². The summed E-state index contributed by atoms with van der Waals surface area (Å²) in [5.74, 6) is -2.18. The van der Waals surface area contributed by atoms with Crippen molar-refractivity contribution in [3.63, 3.8) is 0 Å². The first kappa shape index (κ1) is 20.4. The van der Waals surface area contributed by atoms with E-state index in [1.807, 2.05) is 0 Å². The summed E-state index contributed by atoms with van der Waals surface area (Å²) in [4.78, 5) is 37.6. The highest BCUT2D eigenvalue weighted by atomic mass is 16.6. The van der Waals surface area contributed by atoms with Crippen LogP contribution in [0.4, 0.5) is 4.79 Å². The van der Waals surface area contributed by atoms with Gasteiger partial charge in [0.25, 0.3) is 0 Å². The van der Waals surface area contributed by atoms with Crippen molar-refractivity contribution in [2.45, 2.75) is 63.4 Å². The predicted octanol–water partition coefficient (Wildman–Crippen LogP) is 0.580. The van der Waals surface area contributed by atoms with Crippen LogP contribution in [0.5, 0.6) is 0 Å². The van der Waals surface area contributed by atoms with E-state index in [0.717, 1.165) is 4.90 Å². The highest BCUT2D eigenvalue weighted by molar-refractivity contribution is 5.81. The molecule has 2 fully saturated rings. The molecule has 2 rings (SSSR count). The lowest BCUT2D eigenvalue weighted by Crippen LogP contribution is -2.62. The molecule has 10 nitrogen and oxygen atoms in total. The van der Waals surface area contributed by atoms with Gasteiger partial charge in [-0.05, 0) is 27.7 Å². The van der Waals surface area contributed by atoms with E-state index in [9.17, 15) is 24.8 Å². The molecule has 0 saturated carbocycles. The Morgan fingerprint density at radius 2 is 2.00 bits per heavy atom. The molecule has 0 aromatic rings. The minimum atomic E-state index is -1.61. The quantitative estimate of drug-likeness (QED) is 0.420. The van der Waals surface area contributed by atoms with Crippen molar-refractivity contribution in [3.05, 3.63) is 10.1 Å². The first-order chi connectivity index (χ1) is 12.0. The number of aliphatic hydroxyl groups excluding tert-OH is 1. The molecule has 0 aliphatic carbocycles. The normalized spacial score (nSPS) is 33.2. The summed E-state index contributed by atoms with van der Waals surface area (Å²) in [6.45, 7) is 5.91. The first-order valence-corrected chi connectivity index (χ1v) is 8.51. The maximum Gasteiger partial charge on any atom is 0.411 e. The van der Waals surface area contributed by atoms with Gasteiger partial charge in [0.05, 0.1) is 19.3 Å². The molecule has 0 spiro atoms. The van der Waals surface area contributed by atoms with Crippen LogP contribution in [0.2, 0.25) is 0 Å². The number of ether oxygens (including phenoxy) is 3. The Balaban J connectivity index is 2.56. The highest BCUT2D eigenvalue weighted by Gasteiger charge is 2.77. The van der Waals surface area contributed by atoms with Crippen LogP contribution in [-0.2, 0) is 19.0 Å². The second-order valence-corrected chi connectivity index (χ2v) is 7.53. The van der Waals surface area contributed by atoms with Crippen molar-refractivity contribution in [1.29, 1.82) is 0 Å². The van der Waals surface area contributed by atoms with Crippen molar-refractivity contribution >= 4 is 12.1 Å². The van der Waals surface area contributed by atoms with Gasteiger partial charge in [-0.2, -0.15) is 0 Å². The molecule has 0 aromatic carbocycles. The molecule has 2 saturated heterocycles. The fourth-order valence-corrected chi connectivity index (χ4v) is 4.18. The Morgan fingerprint density at radius 3 is 2.42 bits per heavy atom. The van der Waals surface area contributed by atoms with Crippen molar-refractivity contribution in [2.75, 3.05) is 20.3 Å². The molecule has 0 radical (unpaired) electrons. The second-order valence-electron chi connectivity index (χ2n) is 7.53. The number of carbonyl (C=O) groups excluding carboxylic acids is 2. The molecule has 2 aliphatic heterocycles. The van der Waals surface area contributed by atoms with E-state index in [2.05, 4.69) is 0 Å². The Kier molecular flexibility index (Phi) is 5.48. The van der Waals surface area contributed by atoms with Gasteiger partial charge in [0.2, 0.25) is 6.04 Å². The predicted molar refractivity (Wildman–Crippen MR) is 88.0 cm³/mol. The molecule has 0 aromatic heterocycles. The molecule has 10 heteroatoms. The van der Waals surface area contributed by atoms with Gasteiger partial charge in [0.15, 0.2) is 5.92 Å². The molecule has 0 unspecified atom stereocenters. The Bertz CT molecular complexity index is 589. The van der Waals surface area contributed by atoms with Gasteiger partial charge in [-0.25, -0.2) is 4.79 Å². The molecule has 2 aliphatic rings. The number of nitro groups is 1. The maximum atomic E-state index is 12.8. The van der Waals surface area contributed by atoms with E-state index >= 15 is 0 Å². The van der Waals surface area contributed by atoms with Crippen molar-refractivity contribution in [2.24, 2.45) is 5.92 Å². The zero-order chi connectivity index (χ0) is 19.9. The number of methoxy groups -OCH3 is 1. The smallest absolute Gasteiger partial charge is 0.411 e. The molecule has 5 atom stereocenters. The Hall–Kier alpha value is -1.94. The van der Waals surface area contributed by atoms with E-state index in [1.54, 1.807) is 27.7 Å². The maximum absolute atomic E-state index is 12.8. The number of carbonyl (C=O) groups is 2. The zero-order valence-corrected chi connectivity index (χ0v) is 15.6. The standard InChI is InChI=1S/C16H26N2O8/c1-6-25-13(20)11-12(18(22)23)9-7-10(24-5)16(11,8-19)17(9)14(21)26-15(2,3)4/h9-12,19H,6-8H2,1-5H3/t9-,10-,11-,12-,16+/m0/s1. The molecular weight excluding hydrogens is 348 g/mol. The number of rotatable bonds is 5. The summed E-state index contributed by atoms with van der Waals surface area (Å²) in [6, 6.07) is -2.34. The largest absolute Gasteiger partial charge is 0.466 e. The fraction of sp³-hybridized carbons (Fsp3) is 0.875. The number of fused-ring (bicyclic) bond motifs is 2. The average Bonchev–Trinajstić information content (AvgIpc) is 3.01. The third-order valence-electron chi connectivity index (χ3n) is 4.98. The minimum Gasteiger partial charge on any atom is -0.466 e. The zero-order valence-electron chi connectivity index (χ0n) is 15.6. The lowest BCUT2D eigenvalue weighted by Gasteiger charge is -2.40. The summed E-state index contributed by atoms with van der Waals surface area (Å²) in [5.41, 5.74) is -2.45. The number of amides is 1. The molecule has 26 heavy (non-hydrogen) atoms. The lowest BCUT2D eigenvalue weighted by atomic mass is 9.73. The lowest BCUT2D eigenvalue weighted by molar-refractivity contribution is -0.533. The number of nitrogens with zero attached hydrogens (tertiary/aromatic N) is 2. The van der Waals surface area contributed by atoms with Crippen LogP contribution in [0.3, 0.4) is 0 Å². The van der Waals surface area contributed by atoms with Crippen molar-refractivity contribution in [1.82, 2.24) is 4.90 Å². The summed E-state index contributed by atoms with van der Waals surface area (Å²) in [5, 5.41) is 21.9. The Morgan fingerprint density at radius 1 is 1.38 bits per heavy atom. The van der Waals surface area contributed by atoms with Crippen LogP contribution >= 0.6 is 0 Å². The van der Waals surface area contributed by atoms with Gasteiger partial charge < -0.3 is 19.3 Å². The third kappa shape index (κ3) is 3.01. The summed E-state index contributed by atoms with van der Waals surface area (Å²) < 4.78 is 15.8. The third-order valence-corrected chi connectivity index (χ3v) is 4.98. The first-order valence-electron chi connectivity index (χ1n) is 8.51. The van der Waals surface area contributed by atoms with Crippen LogP contribution in [0, 0.1) is 16.0 Å². The molecule has 148 valence electrons. The van der Waals surface area contributed by atoms with Crippen LogP contribution in [-0.4, -0.2) is 76.6 Å². The number of esters is 1. The molecule has 1 N–H and O–H groups in total. The van der Waals surface area contributed by atoms with E-state index in [4.69, 9.17) is 14.2 Å². The van der Waals surface area contributed by atoms with Crippen LogP contribution in [0.25, 0.3) is 0 Å². The monoisotopic (exact) mass is 374 g/mol. The average molecular weight is 374 g/mol. The molecule has 2 heterocycles. The molecule has 2 bridgehead atoms. The van der Waals surface area contributed by atoms with Crippen LogP contribution < -0.4 is 0 Å². The SMILES string of the molecule is CCOC(=O)[C@@H]1[C@@H]([N+](=O)[O-])[C@@H]2C[C@H](OC)[C@@]1(CO)N2C(=O)OC(C)(C)C. The van der Waals surface area contributed by atoms with Gasteiger partial charge in [-0.3, -0.25) is 19.8 Å². The summed E-state index contributed by atoms with van der Waals surface area (Å²) in [7, 11) is 1.37. The minimum absolute atomic E-state index is 0.0238.